The van der Waals surface area contributed by atoms with Crippen molar-refractivity contribution in [1.29, 1.82) is 0 Å². The molecule has 0 bridgehead atoms. The standard InChI is InChI=1S/C9H26ClOPSi3/c1-13(2,3)9(14(4,5)6)12-11-15(7,8)10/h9,12H,1-8H3. The molecule has 0 N–H and O–H groups in total. The van der Waals surface area contributed by atoms with Gasteiger partial charge in [-0.1, -0.05) is 39.3 Å². The van der Waals surface area contributed by atoms with Crippen molar-refractivity contribution < 1.29 is 4.21 Å². The smallest absolute Gasteiger partial charge is 0.287 e. The summed E-state index contributed by atoms with van der Waals surface area (Å²) in [5.41, 5.74) is 0. The first-order valence-electron chi connectivity index (χ1n) is 5.46. The molecule has 1 atom stereocenters. The van der Waals surface area contributed by atoms with E-state index < -0.39 is 23.8 Å². The Hall–Kier alpha value is 1.33. The monoisotopic (exact) mass is 300 g/mol. The Morgan fingerprint density at radius 1 is 0.867 bits per heavy atom. The van der Waals surface area contributed by atoms with Gasteiger partial charge in [0.05, 0.1) is 16.1 Å². The molecular weight excluding hydrogens is 275 g/mol. The highest BCUT2D eigenvalue weighted by atomic mass is 35.6. The fourth-order valence-electron chi connectivity index (χ4n) is 1.85. The molecule has 0 aromatic heterocycles. The van der Waals surface area contributed by atoms with Crippen molar-refractivity contribution in [3.63, 3.8) is 0 Å². The van der Waals surface area contributed by atoms with Gasteiger partial charge in [-0.3, -0.25) is 0 Å². The Morgan fingerprint density at radius 3 is 1.40 bits per heavy atom. The molecule has 0 aliphatic carbocycles. The van der Waals surface area contributed by atoms with Crippen molar-refractivity contribution in [1.82, 2.24) is 0 Å². The van der Waals surface area contributed by atoms with Crippen LogP contribution in [-0.2, 0) is 4.21 Å². The van der Waals surface area contributed by atoms with Crippen LogP contribution in [0.3, 0.4) is 0 Å². The van der Waals surface area contributed by atoms with Crippen molar-refractivity contribution in [3.05, 3.63) is 0 Å². The minimum Gasteiger partial charge on any atom is -0.384 e. The predicted octanol–water partition coefficient (Wildman–Crippen LogP) is 4.66. The number of halogens is 1. The van der Waals surface area contributed by atoms with Crippen LogP contribution >= 0.6 is 19.9 Å². The summed E-state index contributed by atoms with van der Waals surface area (Å²) in [6.07, 6.45) is 0. The Balaban J connectivity index is 4.56. The predicted molar refractivity (Wildman–Crippen MR) is 83.2 cm³/mol. The molecule has 0 aromatic rings. The van der Waals surface area contributed by atoms with Crippen LogP contribution in [0.5, 0.6) is 0 Å². The van der Waals surface area contributed by atoms with E-state index in [0.717, 1.165) is 4.91 Å². The summed E-state index contributed by atoms with van der Waals surface area (Å²) >= 11 is 6.23. The molecule has 1 unspecified atom stereocenters. The number of hydrogen-bond donors (Lipinski definition) is 0. The van der Waals surface area contributed by atoms with Crippen LogP contribution in [-0.4, -0.2) is 28.7 Å². The van der Waals surface area contributed by atoms with Crippen LogP contribution in [0.4, 0.5) is 0 Å². The molecule has 0 aromatic carbocycles. The van der Waals surface area contributed by atoms with Gasteiger partial charge >= 0.3 is 0 Å². The van der Waals surface area contributed by atoms with E-state index in [-0.39, 0.29) is 0 Å². The normalized spacial score (nSPS) is 15.6. The summed E-state index contributed by atoms with van der Waals surface area (Å²) in [6.45, 7) is 18.8. The minimum absolute atomic E-state index is 0.631. The molecule has 0 aliphatic heterocycles. The van der Waals surface area contributed by atoms with Crippen LogP contribution in [0.15, 0.2) is 0 Å². The van der Waals surface area contributed by atoms with Crippen molar-refractivity contribution in [3.8, 4) is 0 Å². The van der Waals surface area contributed by atoms with Gasteiger partial charge in [-0.25, -0.2) is 0 Å². The Labute approximate surface area is 105 Å². The third-order valence-corrected chi connectivity index (χ3v) is 20.1. The molecule has 15 heavy (non-hydrogen) atoms. The van der Waals surface area contributed by atoms with E-state index in [1.807, 2.05) is 0 Å². The molecule has 6 heteroatoms. The highest BCUT2D eigenvalue weighted by Gasteiger charge is 2.39. The van der Waals surface area contributed by atoms with Crippen LogP contribution in [0.25, 0.3) is 0 Å². The fourth-order valence-corrected chi connectivity index (χ4v) is 18.1. The summed E-state index contributed by atoms with van der Waals surface area (Å²) in [5.74, 6) is 0. The maximum Gasteiger partial charge on any atom is 0.287 e. The second-order valence-electron chi connectivity index (χ2n) is 6.75. The molecule has 0 amide bonds. The maximum atomic E-state index is 6.23. The first-order chi connectivity index (χ1) is 6.34. The third kappa shape index (κ3) is 7.29. The summed E-state index contributed by atoms with van der Waals surface area (Å²) in [7, 11) is -3.44. The van der Waals surface area contributed by atoms with Gasteiger partial charge in [0.25, 0.3) is 7.63 Å². The van der Waals surface area contributed by atoms with E-state index in [1.165, 1.54) is 0 Å². The van der Waals surface area contributed by atoms with E-state index >= 15 is 0 Å². The molecule has 0 radical (unpaired) electrons. The van der Waals surface area contributed by atoms with Gasteiger partial charge in [-0.05, 0) is 26.8 Å². The SMILES string of the molecule is C[Si](C)(Cl)OPC([Si](C)(C)C)[Si](C)(C)C. The zero-order valence-corrected chi connectivity index (χ0v) is 16.1. The molecule has 0 saturated carbocycles. The average Bonchev–Trinajstić information content (AvgIpc) is 1.75. The van der Waals surface area contributed by atoms with Gasteiger partial charge in [-0.2, -0.15) is 0 Å². The summed E-state index contributed by atoms with van der Waals surface area (Å²) < 4.78 is 5.95. The second kappa shape index (κ2) is 5.32. The molecular formula is C9H26ClOPSi3. The molecule has 0 aliphatic rings. The highest BCUT2D eigenvalue weighted by molar-refractivity contribution is 7.47. The highest BCUT2D eigenvalue weighted by Crippen LogP contribution is 2.38. The maximum absolute atomic E-state index is 6.23. The molecule has 0 rings (SSSR count). The van der Waals surface area contributed by atoms with Crippen LogP contribution < -0.4 is 0 Å². The summed E-state index contributed by atoms with van der Waals surface area (Å²) in [4.78, 5) is 0.829. The molecule has 0 fully saturated rings. The number of rotatable bonds is 5. The Bertz CT molecular complexity index is 191. The van der Waals surface area contributed by atoms with Gasteiger partial charge in [-0.15, -0.1) is 11.1 Å². The van der Waals surface area contributed by atoms with Crippen LogP contribution in [0.1, 0.15) is 0 Å². The number of hydrogen-bond acceptors (Lipinski definition) is 1. The van der Waals surface area contributed by atoms with E-state index in [1.54, 1.807) is 0 Å². The first-order valence-corrected chi connectivity index (χ1v) is 17.5. The van der Waals surface area contributed by atoms with Gasteiger partial charge in [0.2, 0.25) is 0 Å². The van der Waals surface area contributed by atoms with Gasteiger partial charge in [0.1, 0.15) is 0 Å². The van der Waals surface area contributed by atoms with Crippen molar-refractivity contribution in [2.75, 3.05) is 0 Å². The quantitative estimate of drug-likeness (QED) is 0.407. The largest absolute Gasteiger partial charge is 0.384 e. The zero-order valence-electron chi connectivity index (χ0n) is 11.4. The first kappa shape index (κ1) is 16.3. The summed E-state index contributed by atoms with van der Waals surface area (Å²) in [5, 5.41) is 0. The van der Waals surface area contributed by atoms with Gasteiger partial charge in [0, 0.05) is 0 Å². The summed E-state index contributed by atoms with van der Waals surface area (Å²) in [6, 6.07) is 0. The third-order valence-electron chi connectivity index (χ3n) is 2.15. The average molecular weight is 301 g/mol. The van der Waals surface area contributed by atoms with E-state index in [2.05, 4.69) is 52.4 Å². The van der Waals surface area contributed by atoms with Crippen LogP contribution in [0.2, 0.25) is 52.4 Å². The van der Waals surface area contributed by atoms with E-state index in [4.69, 9.17) is 15.3 Å². The van der Waals surface area contributed by atoms with Crippen molar-refractivity contribution in [2.24, 2.45) is 0 Å². The zero-order chi connectivity index (χ0) is 12.5. The fraction of sp³-hybridized carbons (Fsp3) is 1.00. The van der Waals surface area contributed by atoms with Crippen molar-refractivity contribution in [2.45, 2.75) is 57.3 Å². The van der Waals surface area contributed by atoms with Crippen molar-refractivity contribution >= 4 is 43.7 Å². The molecule has 0 spiro atoms. The van der Waals surface area contributed by atoms with Gasteiger partial charge in [0.15, 0.2) is 0 Å². The molecule has 0 heterocycles. The Morgan fingerprint density at radius 2 is 1.20 bits per heavy atom. The Kier molecular flexibility index (Phi) is 5.79. The van der Waals surface area contributed by atoms with Crippen LogP contribution in [0, 0.1) is 0 Å². The lowest BCUT2D eigenvalue weighted by Gasteiger charge is -2.38. The molecule has 0 saturated heterocycles. The topological polar surface area (TPSA) is 9.23 Å². The van der Waals surface area contributed by atoms with E-state index in [9.17, 15) is 0 Å². The van der Waals surface area contributed by atoms with Gasteiger partial charge < -0.3 is 4.21 Å². The lowest BCUT2D eigenvalue weighted by atomic mass is 11.7. The second-order valence-corrected chi connectivity index (χ2v) is 26.2. The van der Waals surface area contributed by atoms with E-state index in [0.29, 0.717) is 8.81 Å². The molecule has 1 nitrogen and oxygen atoms in total. The lowest BCUT2D eigenvalue weighted by Crippen LogP contribution is -2.51. The molecule has 92 valence electrons. The minimum atomic E-state index is -1.85. The lowest BCUT2D eigenvalue weighted by molar-refractivity contribution is 0.653.